The zero-order chi connectivity index (χ0) is 11.9. The van der Waals surface area contributed by atoms with Gasteiger partial charge in [-0.25, -0.2) is 8.42 Å². The molecule has 6 heteroatoms. The highest BCUT2D eigenvalue weighted by Gasteiger charge is 2.20. The predicted octanol–water partition coefficient (Wildman–Crippen LogP) is 1.27. The van der Waals surface area contributed by atoms with E-state index in [-0.39, 0.29) is 11.5 Å². The van der Waals surface area contributed by atoms with Gasteiger partial charge in [0.05, 0.1) is 17.4 Å². The van der Waals surface area contributed by atoms with Gasteiger partial charge >= 0.3 is 5.97 Å². The minimum Gasteiger partial charge on any atom is -0.481 e. The van der Waals surface area contributed by atoms with Gasteiger partial charge in [0.2, 0.25) is 0 Å². The minimum atomic E-state index is -3.20. The Balaban J connectivity index is 3.92. The van der Waals surface area contributed by atoms with Gasteiger partial charge in [-0.15, -0.1) is 0 Å². The first-order chi connectivity index (χ1) is 6.89. The predicted molar refractivity (Wildman–Crippen MR) is 63.1 cm³/mol. The van der Waals surface area contributed by atoms with E-state index in [1.807, 2.05) is 6.92 Å². The van der Waals surface area contributed by atoms with E-state index in [0.29, 0.717) is 6.42 Å². The number of aliphatic carboxylic acids is 1. The van der Waals surface area contributed by atoms with E-state index in [9.17, 15) is 13.2 Å². The average molecular weight is 254 g/mol. The van der Waals surface area contributed by atoms with Gasteiger partial charge in [-0.05, 0) is 17.9 Å². The number of carboxylic acids is 1. The molecule has 0 heterocycles. The summed E-state index contributed by atoms with van der Waals surface area (Å²) < 4.78 is 22.9. The second-order valence-corrected chi connectivity index (χ2v) is 7.03. The minimum absolute atomic E-state index is 0.0949. The lowest BCUT2D eigenvalue weighted by atomic mass is 10.2. The van der Waals surface area contributed by atoms with Gasteiger partial charge in [0.15, 0.2) is 9.84 Å². The topological polar surface area (TPSA) is 71.4 Å². The highest BCUT2D eigenvalue weighted by molar-refractivity contribution is 7.99. The van der Waals surface area contributed by atoms with Crippen molar-refractivity contribution in [2.75, 3.05) is 23.0 Å². The van der Waals surface area contributed by atoms with Crippen molar-refractivity contribution < 1.29 is 18.3 Å². The fourth-order valence-corrected chi connectivity index (χ4v) is 3.54. The lowest BCUT2D eigenvalue weighted by Gasteiger charge is -2.07. The summed E-state index contributed by atoms with van der Waals surface area (Å²) in [6, 6.07) is 0. The number of rotatable bonds is 8. The van der Waals surface area contributed by atoms with Crippen LogP contribution in [0.4, 0.5) is 0 Å². The van der Waals surface area contributed by atoms with Crippen LogP contribution < -0.4 is 0 Å². The molecule has 0 amide bonds. The molecule has 0 aliphatic rings. The van der Waals surface area contributed by atoms with Gasteiger partial charge < -0.3 is 5.11 Å². The van der Waals surface area contributed by atoms with Crippen molar-refractivity contribution in [2.24, 2.45) is 5.92 Å². The number of hydrogen-bond acceptors (Lipinski definition) is 4. The van der Waals surface area contributed by atoms with Gasteiger partial charge in [-0.1, -0.05) is 13.8 Å². The van der Waals surface area contributed by atoms with E-state index in [0.717, 1.165) is 11.5 Å². The highest BCUT2D eigenvalue weighted by atomic mass is 32.2. The van der Waals surface area contributed by atoms with Crippen LogP contribution >= 0.6 is 11.8 Å². The smallest absolute Gasteiger partial charge is 0.307 e. The van der Waals surface area contributed by atoms with Crippen LogP contribution in [0, 0.1) is 5.92 Å². The number of hydrogen-bond donors (Lipinski definition) is 1. The molecule has 0 fully saturated rings. The first-order valence-electron chi connectivity index (χ1n) is 4.90. The normalized spacial score (nSPS) is 13.7. The first-order valence-corrected chi connectivity index (χ1v) is 7.87. The van der Waals surface area contributed by atoms with Gasteiger partial charge in [0, 0.05) is 0 Å². The fourth-order valence-electron chi connectivity index (χ4n) is 1.06. The molecule has 0 aliphatic heterocycles. The Morgan fingerprint density at radius 1 is 1.47 bits per heavy atom. The molecule has 1 unspecified atom stereocenters. The molecule has 15 heavy (non-hydrogen) atoms. The Morgan fingerprint density at radius 3 is 2.53 bits per heavy atom. The van der Waals surface area contributed by atoms with Crippen LogP contribution in [0.25, 0.3) is 0 Å². The summed E-state index contributed by atoms with van der Waals surface area (Å²) in [4.78, 5) is 10.5. The average Bonchev–Trinajstić information content (AvgIpc) is 2.11. The SMILES string of the molecule is CCSCCCS(=O)(=O)CC(C)C(=O)O. The molecule has 0 rings (SSSR count). The second-order valence-electron chi connectivity index (χ2n) is 3.40. The van der Waals surface area contributed by atoms with Crippen molar-refractivity contribution in [2.45, 2.75) is 20.3 Å². The Morgan fingerprint density at radius 2 is 2.07 bits per heavy atom. The molecule has 0 spiro atoms. The summed E-state index contributed by atoms with van der Waals surface area (Å²) in [6.07, 6.45) is 0.604. The third-order valence-corrected chi connectivity index (χ3v) is 4.78. The molecular formula is C9H18O4S2. The van der Waals surface area contributed by atoms with Crippen LogP contribution in [0.2, 0.25) is 0 Å². The maximum Gasteiger partial charge on any atom is 0.307 e. The molecule has 0 aromatic carbocycles. The molecule has 0 aromatic rings. The zero-order valence-corrected chi connectivity index (χ0v) is 10.7. The Bertz CT molecular complexity index is 284. The molecule has 1 N–H and O–H groups in total. The number of carbonyl (C=O) groups is 1. The highest BCUT2D eigenvalue weighted by Crippen LogP contribution is 2.07. The van der Waals surface area contributed by atoms with E-state index < -0.39 is 21.7 Å². The molecule has 4 nitrogen and oxygen atoms in total. The van der Waals surface area contributed by atoms with Crippen LogP contribution in [0.15, 0.2) is 0 Å². The van der Waals surface area contributed by atoms with Crippen molar-refractivity contribution >= 4 is 27.6 Å². The van der Waals surface area contributed by atoms with Crippen molar-refractivity contribution in [1.82, 2.24) is 0 Å². The van der Waals surface area contributed by atoms with E-state index in [1.165, 1.54) is 6.92 Å². The van der Waals surface area contributed by atoms with Crippen molar-refractivity contribution in [1.29, 1.82) is 0 Å². The summed E-state index contributed by atoms with van der Waals surface area (Å²) >= 11 is 1.69. The lowest BCUT2D eigenvalue weighted by molar-refractivity contribution is -0.140. The molecule has 90 valence electrons. The molecule has 0 aliphatic carbocycles. The Hall–Kier alpha value is -0.230. The van der Waals surface area contributed by atoms with Crippen molar-refractivity contribution in [3.8, 4) is 0 Å². The Labute approximate surface area is 95.4 Å². The van der Waals surface area contributed by atoms with Crippen LogP contribution in [-0.4, -0.2) is 42.5 Å². The van der Waals surface area contributed by atoms with Crippen molar-refractivity contribution in [3.05, 3.63) is 0 Å². The van der Waals surface area contributed by atoms with Crippen LogP contribution in [0.3, 0.4) is 0 Å². The molecular weight excluding hydrogens is 236 g/mol. The van der Waals surface area contributed by atoms with E-state index in [4.69, 9.17) is 5.11 Å². The molecule has 0 saturated heterocycles. The van der Waals surface area contributed by atoms with Crippen LogP contribution in [0.5, 0.6) is 0 Å². The van der Waals surface area contributed by atoms with Gasteiger partial charge in [-0.3, -0.25) is 4.79 Å². The monoisotopic (exact) mass is 254 g/mol. The fraction of sp³-hybridized carbons (Fsp3) is 0.889. The summed E-state index contributed by atoms with van der Waals surface area (Å²) in [5.41, 5.74) is 0. The summed E-state index contributed by atoms with van der Waals surface area (Å²) in [5.74, 6) is -0.227. The standard InChI is InChI=1S/C9H18O4S2/c1-3-14-5-4-6-15(12,13)7-8(2)9(10)11/h8H,3-7H2,1-2H3,(H,10,11). The van der Waals surface area contributed by atoms with Gasteiger partial charge in [0.25, 0.3) is 0 Å². The number of sulfone groups is 1. The largest absolute Gasteiger partial charge is 0.481 e. The van der Waals surface area contributed by atoms with E-state index in [2.05, 4.69) is 0 Å². The van der Waals surface area contributed by atoms with Crippen LogP contribution in [0.1, 0.15) is 20.3 Å². The third kappa shape index (κ3) is 7.67. The molecule has 0 aromatic heterocycles. The van der Waals surface area contributed by atoms with Gasteiger partial charge in [-0.2, -0.15) is 11.8 Å². The number of thioether (sulfide) groups is 1. The summed E-state index contributed by atoms with van der Waals surface area (Å²) in [6.45, 7) is 3.44. The molecule has 0 saturated carbocycles. The first kappa shape index (κ1) is 14.8. The number of carboxylic acid groups (broad SMARTS) is 1. The third-order valence-electron chi connectivity index (χ3n) is 1.87. The van der Waals surface area contributed by atoms with E-state index in [1.54, 1.807) is 11.8 Å². The maximum absolute atomic E-state index is 11.4. The van der Waals surface area contributed by atoms with Crippen LogP contribution in [-0.2, 0) is 14.6 Å². The maximum atomic E-state index is 11.4. The lowest BCUT2D eigenvalue weighted by Crippen LogP contribution is -2.23. The second kappa shape index (κ2) is 7.11. The quantitative estimate of drug-likeness (QED) is 0.660. The summed E-state index contributed by atoms with van der Waals surface area (Å²) in [5, 5.41) is 8.59. The summed E-state index contributed by atoms with van der Waals surface area (Å²) in [7, 11) is -3.20. The Kier molecular flexibility index (Phi) is 7.00. The zero-order valence-electron chi connectivity index (χ0n) is 9.10. The molecule has 0 radical (unpaired) electrons. The molecule has 0 bridgehead atoms. The molecule has 1 atom stereocenters. The van der Waals surface area contributed by atoms with Gasteiger partial charge in [0.1, 0.15) is 0 Å². The van der Waals surface area contributed by atoms with E-state index >= 15 is 0 Å². The van der Waals surface area contributed by atoms with Crippen molar-refractivity contribution in [3.63, 3.8) is 0 Å².